The van der Waals surface area contributed by atoms with Crippen LogP contribution in [0.5, 0.6) is 0 Å². The highest BCUT2D eigenvalue weighted by atomic mass is 127. The first kappa shape index (κ1) is 17.2. The van der Waals surface area contributed by atoms with Crippen molar-refractivity contribution in [1.29, 1.82) is 0 Å². The van der Waals surface area contributed by atoms with Gasteiger partial charge in [-0.05, 0) is 43.5 Å². The summed E-state index contributed by atoms with van der Waals surface area (Å²) in [5.41, 5.74) is 2.15. The van der Waals surface area contributed by atoms with E-state index in [9.17, 15) is 4.39 Å². The Hall–Kier alpha value is -0.850. The van der Waals surface area contributed by atoms with E-state index in [1.54, 1.807) is 13.1 Å². The Kier molecular flexibility index (Phi) is 8.70. The lowest BCUT2D eigenvalue weighted by atomic mass is 10.1. The van der Waals surface area contributed by atoms with Crippen molar-refractivity contribution in [3.8, 4) is 0 Å². The topological polar surface area (TPSA) is 36.4 Å². The van der Waals surface area contributed by atoms with Crippen LogP contribution >= 0.6 is 24.0 Å². The molecular weight excluding hydrogens is 344 g/mol. The zero-order valence-electron chi connectivity index (χ0n) is 11.1. The predicted molar refractivity (Wildman–Crippen MR) is 85.3 cm³/mol. The summed E-state index contributed by atoms with van der Waals surface area (Å²) in [7, 11) is 1.74. The van der Waals surface area contributed by atoms with Crippen LogP contribution in [0.1, 0.15) is 18.1 Å². The quantitative estimate of drug-likeness (QED) is 0.489. The summed E-state index contributed by atoms with van der Waals surface area (Å²) in [5.74, 6) is 0.620. The molecule has 0 saturated heterocycles. The molecule has 1 rings (SSSR count). The summed E-state index contributed by atoms with van der Waals surface area (Å²) < 4.78 is 12.9. The summed E-state index contributed by atoms with van der Waals surface area (Å²) in [6.45, 7) is 5.58. The van der Waals surface area contributed by atoms with E-state index in [1.165, 1.54) is 6.07 Å². The third kappa shape index (κ3) is 5.66. The van der Waals surface area contributed by atoms with E-state index in [4.69, 9.17) is 0 Å². The minimum Gasteiger partial charge on any atom is -0.357 e. The van der Waals surface area contributed by atoms with Gasteiger partial charge in [-0.2, -0.15) is 0 Å². The molecule has 0 aliphatic heterocycles. The van der Waals surface area contributed by atoms with Crippen LogP contribution in [0.25, 0.3) is 0 Å². The van der Waals surface area contributed by atoms with Crippen molar-refractivity contribution >= 4 is 29.9 Å². The molecule has 0 radical (unpaired) electrons. The van der Waals surface area contributed by atoms with Crippen LogP contribution in [0.2, 0.25) is 0 Å². The Morgan fingerprint density at radius 1 is 1.33 bits per heavy atom. The molecule has 0 spiro atoms. The van der Waals surface area contributed by atoms with E-state index < -0.39 is 0 Å². The Morgan fingerprint density at radius 3 is 2.61 bits per heavy atom. The average Bonchev–Trinajstić information content (AvgIpc) is 2.30. The predicted octanol–water partition coefficient (Wildman–Crippen LogP) is 2.48. The number of nitrogens with zero attached hydrogens (tertiary/aromatic N) is 1. The van der Waals surface area contributed by atoms with Crippen molar-refractivity contribution in [2.45, 2.75) is 20.3 Å². The highest BCUT2D eigenvalue weighted by Crippen LogP contribution is 2.10. The number of halogens is 2. The SMILES string of the molecule is CCNC(=NC)NCCc1ccc(F)cc1C.I. The molecule has 1 aromatic rings. The normalized spacial score (nSPS) is 10.8. The van der Waals surface area contributed by atoms with Crippen molar-refractivity contribution in [2.24, 2.45) is 4.99 Å². The first-order valence-corrected chi connectivity index (χ1v) is 5.87. The van der Waals surface area contributed by atoms with Gasteiger partial charge in [-0.3, -0.25) is 4.99 Å². The fraction of sp³-hybridized carbons (Fsp3) is 0.462. The molecule has 0 aliphatic rings. The summed E-state index contributed by atoms with van der Waals surface area (Å²) in [5, 5.41) is 6.33. The molecule has 0 fully saturated rings. The number of hydrogen-bond acceptors (Lipinski definition) is 1. The van der Waals surface area contributed by atoms with Gasteiger partial charge in [0.05, 0.1) is 0 Å². The van der Waals surface area contributed by atoms with Crippen molar-refractivity contribution in [1.82, 2.24) is 10.6 Å². The standard InChI is InChI=1S/C13H20FN3.HI/c1-4-16-13(15-3)17-8-7-11-5-6-12(14)9-10(11)2;/h5-6,9H,4,7-8H2,1-3H3,(H2,15,16,17);1H. The third-order valence-electron chi connectivity index (χ3n) is 2.56. The van der Waals surface area contributed by atoms with Gasteiger partial charge < -0.3 is 10.6 Å². The Labute approximate surface area is 125 Å². The second kappa shape index (κ2) is 9.13. The van der Waals surface area contributed by atoms with E-state index in [2.05, 4.69) is 15.6 Å². The van der Waals surface area contributed by atoms with Crippen molar-refractivity contribution in [3.05, 3.63) is 35.1 Å². The molecule has 0 aromatic heterocycles. The molecule has 0 aliphatic carbocycles. The molecular formula is C13H21FIN3. The molecule has 3 nitrogen and oxygen atoms in total. The number of hydrogen-bond donors (Lipinski definition) is 2. The van der Waals surface area contributed by atoms with Gasteiger partial charge in [0.1, 0.15) is 5.82 Å². The maximum absolute atomic E-state index is 12.9. The minimum absolute atomic E-state index is 0. The monoisotopic (exact) mass is 365 g/mol. The van der Waals surface area contributed by atoms with Gasteiger partial charge in [0.25, 0.3) is 0 Å². The van der Waals surface area contributed by atoms with E-state index in [1.807, 2.05) is 19.9 Å². The van der Waals surface area contributed by atoms with Crippen LogP contribution in [0, 0.1) is 12.7 Å². The zero-order chi connectivity index (χ0) is 12.7. The molecule has 0 atom stereocenters. The van der Waals surface area contributed by atoms with Gasteiger partial charge >= 0.3 is 0 Å². The highest BCUT2D eigenvalue weighted by Gasteiger charge is 2.00. The number of nitrogens with one attached hydrogen (secondary N) is 2. The van der Waals surface area contributed by atoms with Crippen LogP contribution in [-0.2, 0) is 6.42 Å². The fourth-order valence-electron chi connectivity index (χ4n) is 1.64. The van der Waals surface area contributed by atoms with E-state index in [-0.39, 0.29) is 29.8 Å². The highest BCUT2D eigenvalue weighted by molar-refractivity contribution is 14.0. The molecule has 0 heterocycles. The van der Waals surface area contributed by atoms with E-state index in [0.29, 0.717) is 0 Å². The number of benzene rings is 1. The van der Waals surface area contributed by atoms with Gasteiger partial charge in [-0.25, -0.2) is 4.39 Å². The molecule has 0 unspecified atom stereocenters. The maximum Gasteiger partial charge on any atom is 0.190 e. The fourth-order valence-corrected chi connectivity index (χ4v) is 1.64. The lowest BCUT2D eigenvalue weighted by Crippen LogP contribution is -2.38. The Bertz CT molecular complexity index is 394. The van der Waals surface area contributed by atoms with Gasteiger partial charge in [0, 0.05) is 20.1 Å². The van der Waals surface area contributed by atoms with Gasteiger partial charge in [0.15, 0.2) is 5.96 Å². The summed E-state index contributed by atoms with van der Waals surface area (Å²) in [4.78, 5) is 4.08. The molecule has 0 bridgehead atoms. The Balaban J connectivity index is 0.00000289. The summed E-state index contributed by atoms with van der Waals surface area (Å²) in [6.07, 6.45) is 0.858. The first-order valence-electron chi connectivity index (χ1n) is 5.87. The van der Waals surface area contributed by atoms with Crippen LogP contribution in [-0.4, -0.2) is 26.1 Å². The third-order valence-corrected chi connectivity index (χ3v) is 2.56. The lowest BCUT2D eigenvalue weighted by molar-refractivity contribution is 0.625. The number of rotatable bonds is 4. The molecule has 102 valence electrons. The summed E-state index contributed by atoms with van der Waals surface area (Å²) in [6, 6.07) is 4.90. The number of aryl methyl sites for hydroxylation is 1. The van der Waals surface area contributed by atoms with Crippen LogP contribution in [0.3, 0.4) is 0 Å². The Morgan fingerprint density at radius 2 is 2.06 bits per heavy atom. The smallest absolute Gasteiger partial charge is 0.190 e. The molecule has 0 amide bonds. The maximum atomic E-state index is 12.9. The molecule has 1 aromatic carbocycles. The molecule has 2 N–H and O–H groups in total. The van der Waals surface area contributed by atoms with Crippen molar-refractivity contribution in [2.75, 3.05) is 20.1 Å². The molecule has 0 saturated carbocycles. The summed E-state index contributed by atoms with van der Waals surface area (Å²) >= 11 is 0. The molecule has 18 heavy (non-hydrogen) atoms. The first-order chi connectivity index (χ1) is 8.17. The zero-order valence-corrected chi connectivity index (χ0v) is 13.4. The number of guanidine groups is 1. The lowest BCUT2D eigenvalue weighted by Gasteiger charge is -2.11. The molecule has 5 heteroatoms. The average molecular weight is 365 g/mol. The van der Waals surface area contributed by atoms with Crippen molar-refractivity contribution < 1.29 is 4.39 Å². The van der Waals surface area contributed by atoms with Crippen LogP contribution in [0.4, 0.5) is 4.39 Å². The minimum atomic E-state index is -0.178. The number of aliphatic imine (C=N–C) groups is 1. The van der Waals surface area contributed by atoms with E-state index >= 15 is 0 Å². The second-order valence-electron chi connectivity index (χ2n) is 3.85. The van der Waals surface area contributed by atoms with Crippen LogP contribution in [0.15, 0.2) is 23.2 Å². The largest absolute Gasteiger partial charge is 0.357 e. The van der Waals surface area contributed by atoms with Crippen LogP contribution < -0.4 is 10.6 Å². The second-order valence-corrected chi connectivity index (χ2v) is 3.85. The van der Waals surface area contributed by atoms with Crippen molar-refractivity contribution in [3.63, 3.8) is 0 Å². The van der Waals surface area contributed by atoms with Gasteiger partial charge in [0.2, 0.25) is 0 Å². The van der Waals surface area contributed by atoms with Gasteiger partial charge in [-0.15, -0.1) is 24.0 Å². The van der Waals surface area contributed by atoms with Gasteiger partial charge in [-0.1, -0.05) is 6.07 Å². The van der Waals surface area contributed by atoms with E-state index in [0.717, 1.165) is 36.6 Å².